The van der Waals surface area contributed by atoms with Crippen molar-refractivity contribution >= 4 is 38.9 Å². The lowest BCUT2D eigenvalue weighted by molar-refractivity contribution is -0.144. The molecule has 2 aromatic carbocycles. The molecule has 0 aliphatic rings. The highest BCUT2D eigenvalue weighted by Gasteiger charge is 2.39. The van der Waals surface area contributed by atoms with Gasteiger partial charge in [-0.05, 0) is 69.5 Å². The molecule has 3 aromatic rings. The Hall–Kier alpha value is -2.09. The number of alkyl halides is 2. The summed E-state index contributed by atoms with van der Waals surface area (Å²) in [7, 11) is 3.67. The van der Waals surface area contributed by atoms with Crippen LogP contribution < -0.4 is 4.74 Å². The van der Waals surface area contributed by atoms with Gasteiger partial charge in [-0.1, -0.05) is 22.9 Å². The number of ketones is 1. The molecule has 0 aliphatic carbocycles. The van der Waals surface area contributed by atoms with E-state index in [0.717, 1.165) is 10.2 Å². The molecule has 0 spiro atoms. The summed E-state index contributed by atoms with van der Waals surface area (Å²) < 4.78 is 35.3. The standard InChI is InChI=1S/C20H19ClF2N2O2S/c1-25(2)11-3-4-18(26)20(22,23)13-5-8-15(9-6-13)27-19-24-16-10-7-14(21)12-17(16)28-19/h5-10,12H,3-4,11H2,1-2H3. The number of Topliss-reactive ketones (excluding diaryl/α,β-unsaturated/α-hetero) is 1. The van der Waals surface area contributed by atoms with Crippen molar-refractivity contribution in [2.24, 2.45) is 0 Å². The molecule has 0 unspecified atom stereocenters. The maximum atomic E-state index is 14.4. The summed E-state index contributed by atoms with van der Waals surface area (Å²) in [5, 5.41) is 0.987. The van der Waals surface area contributed by atoms with E-state index < -0.39 is 11.7 Å². The van der Waals surface area contributed by atoms with Crippen molar-refractivity contribution in [3.63, 3.8) is 0 Å². The van der Waals surface area contributed by atoms with Crippen molar-refractivity contribution in [1.82, 2.24) is 9.88 Å². The zero-order valence-corrected chi connectivity index (χ0v) is 17.0. The molecule has 8 heteroatoms. The molecule has 148 valence electrons. The zero-order valence-electron chi connectivity index (χ0n) is 15.4. The van der Waals surface area contributed by atoms with Gasteiger partial charge in [-0.3, -0.25) is 4.79 Å². The van der Waals surface area contributed by atoms with E-state index in [-0.39, 0.29) is 12.0 Å². The molecule has 0 fully saturated rings. The fourth-order valence-corrected chi connectivity index (χ4v) is 3.74. The second kappa shape index (κ2) is 8.51. The van der Waals surface area contributed by atoms with Crippen molar-refractivity contribution in [3.8, 4) is 10.9 Å². The van der Waals surface area contributed by atoms with E-state index in [2.05, 4.69) is 4.98 Å². The topological polar surface area (TPSA) is 42.4 Å². The first-order valence-electron chi connectivity index (χ1n) is 8.66. The van der Waals surface area contributed by atoms with Gasteiger partial charge < -0.3 is 9.64 Å². The lowest BCUT2D eigenvalue weighted by atomic mass is 10.0. The van der Waals surface area contributed by atoms with Gasteiger partial charge in [-0.25, -0.2) is 4.98 Å². The number of carbonyl (C=O) groups excluding carboxylic acids is 1. The molecule has 1 heterocycles. The third-order valence-electron chi connectivity index (χ3n) is 4.11. The second-order valence-corrected chi connectivity index (χ2v) is 8.05. The molecule has 0 bridgehead atoms. The van der Waals surface area contributed by atoms with Crippen LogP contribution in [0.3, 0.4) is 0 Å². The minimum absolute atomic E-state index is 0.169. The smallest absolute Gasteiger partial charge is 0.330 e. The predicted octanol–water partition coefficient (Wildman–Crippen LogP) is 5.74. The van der Waals surface area contributed by atoms with Crippen molar-refractivity contribution in [2.45, 2.75) is 18.8 Å². The van der Waals surface area contributed by atoms with E-state index in [1.165, 1.54) is 35.6 Å². The summed E-state index contributed by atoms with van der Waals surface area (Å²) in [5.74, 6) is -4.23. The number of nitrogens with zero attached hydrogens (tertiary/aromatic N) is 2. The van der Waals surface area contributed by atoms with Gasteiger partial charge in [0.05, 0.1) is 10.2 Å². The number of aromatic nitrogens is 1. The van der Waals surface area contributed by atoms with Gasteiger partial charge in [0.15, 0.2) is 0 Å². The molecule has 3 rings (SSSR count). The number of halogens is 3. The number of ether oxygens (including phenoxy) is 1. The van der Waals surface area contributed by atoms with Crippen LogP contribution in [0.2, 0.25) is 5.02 Å². The van der Waals surface area contributed by atoms with Crippen LogP contribution in [0, 0.1) is 0 Å². The number of rotatable bonds is 8. The summed E-state index contributed by atoms with van der Waals surface area (Å²) in [4.78, 5) is 18.1. The summed E-state index contributed by atoms with van der Waals surface area (Å²) in [6.07, 6.45) is 0.224. The van der Waals surface area contributed by atoms with E-state index in [1.807, 2.05) is 19.0 Å². The summed E-state index contributed by atoms with van der Waals surface area (Å²) in [6, 6.07) is 10.6. The maximum absolute atomic E-state index is 14.4. The lowest BCUT2D eigenvalue weighted by Crippen LogP contribution is -2.27. The summed E-state index contributed by atoms with van der Waals surface area (Å²) >= 11 is 7.27. The predicted molar refractivity (Wildman–Crippen MR) is 108 cm³/mol. The average molecular weight is 425 g/mol. The molecule has 0 N–H and O–H groups in total. The Morgan fingerprint density at radius 1 is 1.21 bits per heavy atom. The van der Waals surface area contributed by atoms with E-state index >= 15 is 0 Å². The Balaban J connectivity index is 1.68. The molecular weight excluding hydrogens is 406 g/mol. The number of thiazole rings is 1. The van der Waals surface area contributed by atoms with Crippen LogP contribution in [0.15, 0.2) is 42.5 Å². The van der Waals surface area contributed by atoms with Gasteiger partial charge in [-0.15, -0.1) is 0 Å². The van der Waals surface area contributed by atoms with Crippen LogP contribution in [0.4, 0.5) is 8.78 Å². The molecule has 0 saturated carbocycles. The number of benzene rings is 2. The second-order valence-electron chi connectivity index (χ2n) is 6.62. The van der Waals surface area contributed by atoms with Crippen LogP contribution in [0.25, 0.3) is 10.2 Å². The Morgan fingerprint density at radius 3 is 2.61 bits per heavy atom. The SMILES string of the molecule is CN(C)CCCC(=O)C(F)(F)c1ccc(Oc2nc3ccc(Cl)cc3s2)cc1. The Morgan fingerprint density at radius 2 is 1.93 bits per heavy atom. The number of carbonyl (C=O) groups is 1. The minimum Gasteiger partial charge on any atom is -0.431 e. The zero-order chi connectivity index (χ0) is 20.3. The normalized spacial score (nSPS) is 11.9. The maximum Gasteiger partial charge on any atom is 0.330 e. The van der Waals surface area contributed by atoms with Crippen LogP contribution in [-0.4, -0.2) is 36.3 Å². The molecule has 1 aromatic heterocycles. The lowest BCUT2D eigenvalue weighted by Gasteiger charge is -2.16. The first-order valence-corrected chi connectivity index (χ1v) is 9.85. The Labute approximate surface area is 170 Å². The average Bonchev–Trinajstić information content (AvgIpc) is 3.03. The van der Waals surface area contributed by atoms with Crippen LogP contribution in [0.5, 0.6) is 10.9 Å². The highest BCUT2D eigenvalue weighted by Crippen LogP contribution is 2.35. The van der Waals surface area contributed by atoms with E-state index in [4.69, 9.17) is 16.3 Å². The van der Waals surface area contributed by atoms with Crippen molar-refractivity contribution in [3.05, 3.63) is 53.1 Å². The fourth-order valence-electron chi connectivity index (χ4n) is 2.63. The van der Waals surface area contributed by atoms with Gasteiger partial charge in [0, 0.05) is 17.0 Å². The largest absolute Gasteiger partial charge is 0.431 e. The Kier molecular flexibility index (Phi) is 6.27. The molecule has 0 aliphatic heterocycles. The molecule has 0 amide bonds. The highest BCUT2D eigenvalue weighted by atomic mass is 35.5. The third kappa shape index (κ3) is 4.84. The Bertz CT molecular complexity index is 974. The molecule has 4 nitrogen and oxygen atoms in total. The fraction of sp³-hybridized carbons (Fsp3) is 0.300. The molecule has 0 saturated heterocycles. The monoisotopic (exact) mass is 424 g/mol. The van der Waals surface area contributed by atoms with Crippen LogP contribution >= 0.6 is 22.9 Å². The van der Waals surface area contributed by atoms with Gasteiger partial charge in [0.25, 0.3) is 5.19 Å². The molecular formula is C20H19ClF2N2O2S. The molecule has 0 radical (unpaired) electrons. The quantitative estimate of drug-likeness (QED) is 0.462. The summed E-state index contributed by atoms with van der Waals surface area (Å²) in [6.45, 7) is 0.585. The number of fused-ring (bicyclic) bond motifs is 1. The first-order chi connectivity index (χ1) is 13.3. The van der Waals surface area contributed by atoms with Gasteiger partial charge in [-0.2, -0.15) is 8.78 Å². The molecule has 28 heavy (non-hydrogen) atoms. The summed E-state index contributed by atoms with van der Waals surface area (Å²) in [5.41, 5.74) is 0.404. The highest BCUT2D eigenvalue weighted by molar-refractivity contribution is 7.20. The van der Waals surface area contributed by atoms with Crippen LogP contribution in [0.1, 0.15) is 18.4 Å². The number of hydrogen-bond donors (Lipinski definition) is 0. The number of hydrogen-bond acceptors (Lipinski definition) is 5. The third-order valence-corrected chi connectivity index (χ3v) is 5.24. The van der Waals surface area contributed by atoms with E-state index in [9.17, 15) is 13.6 Å². The molecule has 0 atom stereocenters. The van der Waals surface area contributed by atoms with E-state index in [1.54, 1.807) is 18.2 Å². The first kappa shape index (κ1) is 20.6. The van der Waals surface area contributed by atoms with Crippen LogP contribution in [-0.2, 0) is 10.7 Å². The van der Waals surface area contributed by atoms with Gasteiger partial charge in [0.1, 0.15) is 5.75 Å². The van der Waals surface area contributed by atoms with Gasteiger partial charge in [0.2, 0.25) is 5.78 Å². The van der Waals surface area contributed by atoms with Gasteiger partial charge >= 0.3 is 5.92 Å². The minimum atomic E-state index is -3.52. The van der Waals surface area contributed by atoms with Crippen molar-refractivity contribution in [1.29, 1.82) is 0 Å². The van der Waals surface area contributed by atoms with Crippen molar-refractivity contribution in [2.75, 3.05) is 20.6 Å². The van der Waals surface area contributed by atoms with E-state index in [0.29, 0.717) is 28.9 Å². The van der Waals surface area contributed by atoms with Crippen molar-refractivity contribution < 1.29 is 18.3 Å².